The molecule has 2 N–H and O–H groups in total. The van der Waals surface area contributed by atoms with E-state index in [9.17, 15) is 4.79 Å². The highest BCUT2D eigenvalue weighted by Gasteiger charge is 2.24. The van der Waals surface area contributed by atoms with Gasteiger partial charge in [-0.15, -0.1) is 0 Å². The summed E-state index contributed by atoms with van der Waals surface area (Å²) in [5.41, 5.74) is 4.47. The van der Waals surface area contributed by atoms with Gasteiger partial charge in [-0.25, -0.2) is 9.97 Å². The van der Waals surface area contributed by atoms with Crippen LogP contribution in [0.2, 0.25) is 0 Å². The van der Waals surface area contributed by atoms with Crippen LogP contribution in [0.25, 0.3) is 0 Å². The zero-order chi connectivity index (χ0) is 18.0. The molecule has 0 bridgehead atoms. The van der Waals surface area contributed by atoms with E-state index in [1.54, 1.807) is 0 Å². The molecule has 0 saturated heterocycles. The van der Waals surface area contributed by atoms with Crippen molar-refractivity contribution in [2.75, 3.05) is 24.3 Å². The molecule has 1 amide bonds. The number of nitrogens with one attached hydrogen (secondary N) is 2. The van der Waals surface area contributed by atoms with E-state index in [0.717, 1.165) is 41.0 Å². The van der Waals surface area contributed by atoms with Crippen molar-refractivity contribution in [1.82, 2.24) is 15.3 Å². The second kappa shape index (κ2) is 7.09. The molecule has 1 aromatic carbocycles. The van der Waals surface area contributed by atoms with Crippen molar-refractivity contribution in [1.29, 1.82) is 0 Å². The number of hydrogen-bond acceptors (Lipinski definition) is 5. The molecule has 1 fully saturated rings. The summed E-state index contributed by atoms with van der Waals surface area (Å²) in [6.45, 7) is 4.50. The van der Waals surface area contributed by atoms with Crippen LogP contribution in [-0.2, 0) is 6.54 Å². The van der Waals surface area contributed by atoms with Crippen molar-refractivity contribution >= 4 is 17.5 Å². The van der Waals surface area contributed by atoms with Crippen molar-refractivity contribution in [3.05, 3.63) is 46.8 Å². The SMILES string of the molecule is Cc1cc(CNc2ccc(C)c(C(=O)NC3CC3)c2)nc(N(C)C)n1. The Bertz CT molecular complexity index is 783. The lowest BCUT2D eigenvalue weighted by Crippen LogP contribution is -2.26. The maximum absolute atomic E-state index is 12.3. The summed E-state index contributed by atoms with van der Waals surface area (Å²) in [5, 5.41) is 6.40. The van der Waals surface area contributed by atoms with Gasteiger partial charge in [-0.3, -0.25) is 4.79 Å². The first kappa shape index (κ1) is 17.2. The van der Waals surface area contributed by atoms with Gasteiger partial charge in [0.15, 0.2) is 0 Å². The molecular weight excluding hydrogens is 314 g/mol. The van der Waals surface area contributed by atoms with Crippen molar-refractivity contribution in [3.8, 4) is 0 Å². The highest BCUT2D eigenvalue weighted by molar-refractivity contribution is 5.96. The van der Waals surface area contributed by atoms with Crippen molar-refractivity contribution in [2.45, 2.75) is 39.3 Å². The van der Waals surface area contributed by atoms with Gasteiger partial charge in [0.05, 0.1) is 12.2 Å². The molecule has 1 aliphatic rings. The van der Waals surface area contributed by atoms with Crippen LogP contribution in [0.3, 0.4) is 0 Å². The molecule has 1 heterocycles. The van der Waals surface area contributed by atoms with Crippen LogP contribution in [-0.4, -0.2) is 36.0 Å². The molecule has 0 atom stereocenters. The smallest absolute Gasteiger partial charge is 0.251 e. The minimum absolute atomic E-state index is 0.0106. The molecule has 1 saturated carbocycles. The molecule has 0 unspecified atom stereocenters. The van der Waals surface area contributed by atoms with E-state index in [4.69, 9.17) is 0 Å². The number of rotatable bonds is 6. The highest BCUT2D eigenvalue weighted by atomic mass is 16.1. The van der Waals surface area contributed by atoms with E-state index in [1.165, 1.54) is 0 Å². The molecular formula is C19H25N5O. The van der Waals surface area contributed by atoms with Crippen molar-refractivity contribution in [3.63, 3.8) is 0 Å². The van der Waals surface area contributed by atoms with Crippen LogP contribution in [0, 0.1) is 13.8 Å². The second-order valence-electron chi connectivity index (χ2n) is 6.83. The largest absolute Gasteiger partial charge is 0.379 e. The molecule has 0 radical (unpaired) electrons. The van der Waals surface area contributed by atoms with Gasteiger partial charge >= 0.3 is 0 Å². The Hall–Kier alpha value is -2.63. The number of hydrogen-bond donors (Lipinski definition) is 2. The Labute approximate surface area is 148 Å². The number of amides is 1. The van der Waals surface area contributed by atoms with Gasteiger partial charge in [-0.2, -0.15) is 0 Å². The summed E-state index contributed by atoms with van der Waals surface area (Å²) in [7, 11) is 3.85. The first-order valence-corrected chi connectivity index (χ1v) is 8.59. The molecule has 1 aromatic heterocycles. The number of benzene rings is 1. The van der Waals surface area contributed by atoms with Gasteiger partial charge in [0, 0.05) is 37.1 Å². The standard InChI is InChI=1S/C19H25N5O/c1-12-5-6-15(10-17(12)18(25)22-14-7-8-14)20-11-16-9-13(2)21-19(23-16)24(3)4/h5-6,9-10,14,20H,7-8,11H2,1-4H3,(H,22,25). The van der Waals surface area contributed by atoms with E-state index >= 15 is 0 Å². The van der Waals surface area contributed by atoms with E-state index in [-0.39, 0.29) is 5.91 Å². The average molecular weight is 339 g/mol. The van der Waals surface area contributed by atoms with Crippen LogP contribution in [0.15, 0.2) is 24.3 Å². The Morgan fingerprint density at radius 2 is 1.96 bits per heavy atom. The van der Waals surface area contributed by atoms with Gasteiger partial charge in [-0.05, 0) is 50.5 Å². The van der Waals surface area contributed by atoms with Gasteiger partial charge in [0.1, 0.15) is 0 Å². The summed E-state index contributed by atoms with van der Waals surface area (Å²) in [6.07, 6.45) is 2.17. The fraction of sp³-hybridized carbons (Fsp3) is 0.421. The van der Waals surface area contributed by atoms with Crippen LogP contribution in [0.1, 0.15) is 40.2 Å². The third kappa shape index (κ3) is 4.47. The number of nitrogens with zero attached hydrogens (tertiary/aromatic N) is 3. The monoisotopic (exact) mass is 339 g/mol. The van der Waals surface area contributed by atoms with Gasteiger partial charge in [-0.1, -0.05) is 6.07 Å². The Balaban J connectivity index is 1.72. The molecule has 25 heavy (non-hydrogen) atoms. The second-order valence-corrected chi connectivity index (χ2v) is 6.83. The van der Waals surface area contributed by atoms with E-state index in [0.29, 0.717) is 18.5 Å². The molecule has 3 rings (SSSR count). The maximum atomic E-state index is 12.3. The minimum atomic E-state index is 0.0106. The van der Waals surface area contributed by atoms with Crippen LogP contribution < -0.4 is 15.5 Å². The number of carbonyl (C=O) groups is 1. The van der Waals surface area contributed by atoms with Crippen LogP contribution >= 0.6 is 0 Å². The third-order valence-electron chi connectivity index (χ3n) is 4.16. The molecule has 1 aliphatic carbocycles. The summed E-state index contributed by atoms with van der Waals surface area (Å²) >= 11 is 0. The molecule has 6 nitrogen and oxygen atoms in total. The molecule has 132 valence electrons. The fourth-order valence-electron chi connectivity index (χ4n) is 2.57. The predicted molar refractivity (Wildman–Crippen MR) is 100 cm³/mol. The van der Waals surface area contributed by atoms with Gasteiger partial charge in [0.25, 0.3) is 5.91 Å². The first-order valence-electron chi connectivity index (χ1n) is 8.59. The van der Waals surface area contributed by atoms with E-state index in [1.807, 2.05) is 57.1 Å². The first-order chi connectivity index (χ1) is 11.9. The Morgan fingerprint density at radius 3 is 2.64 bits per heavy atom. The van der Waals surface area contributed by atoms with Crippen molar-refractivity contribution in [2.24, 2.45) is 0 Å². The zero-order valence-electron chi connectivity index (χ0n) is 15.3. The molecule has 0 spiro atoms. The summed E-state index contributed by atoms with van der Waals surface area (Å²) in [6, 6.07) is 8.20. The summed E-state index contributed by atoms with van der Waals surface area (Å²) < 4.78 is 0. The normalized spacial score (nSPS) is 13.4. The predicted octanol–water partition coefficient (Wildman–Crippen LogP) is 2.66. The number of aryl methyl sites for hydroxylation is 2. The van der Waals surface area contributed by atoms with Gasteiger partial charge in [0.2, 0.25) is 5.95 Å². The fourth-order valence-corrected chi connectivity index (χ4v) is 2.57. The van der Waals surface area contributed by atoms with Crippen LogP contribution in [0.4, 0.5) is 11.6 Å². The summed E-state index contributed by atoms with van der Waals surface area (Å²) in [4.78, 5) is 23.2. The molecule has 2 aromatic rings. The third-order valence-corrected chi connectivity index (χ3v) is 4.16. The topological polar surface area (TPSA) is 70.2 Å². The molecule has 0 aliphatic heterocycles. The van der Waals surface area contributed by atoms with Crippen LogP contribution in [0.5, 0.6) is 0 Å². The maximum Gasteiger partial charge on any atom is 0.251 e. The lowest BCUT2D eigenvalue weighted by Gasteiger charge is -2.14. The lowest BCUT2D eigenvalue weighted by atomic mass is 10.1. The Morgan fingerprint density at radius 1 is 1.20 bits per heavy atom. The number of anilines is 2. The number of aromatic nitrogens is 2. The highest BCUT2D eigenvalue weighted by Crippen LogP contribution is 2.21. The number of carbonyl (C=O) groups excluding carboxylic acids is 1. The van der Waals surface area contributed by atoms with E-state index < -0.39 is 0 Å². The average Bonchev–Trinajstić information content (AvgIpc) is 3.37. The lowest BCUT2D eigenvalue weighted by molar-refractivity contribution is 0.0950. The zero-order valence-corrected chi connectivity index (χ0v) is 15.3. The van der Waals surface area contributed by atoms with E-state index in [2.05, 4.69) is 20.6 Å². The summed E-state index contributed by atoms with van der Waals surface area (Å²) in [5.74, 6) is 0.710. The van der Waals surface area contributed by atoms with Crippen molar-refractivity contribution < 1.29 is 4.79 Å². The van der Waals surface area contributed by atoms with Gasteiger partial charge < -0.3 is 15.5 Å². The minimum Gasteiger partial charge on any atom is -0.379 e. The Kier molecular flexibility index (Phi) is 4.88. The molecule has 6 heteroatoms. The quantitative estimate of drug-likeness (QED) is 0.847.